The average Bonchev–Trinajstić information content (AvgIpc) is 2.21. The summed E-state index contributed by atoms with van der Waals surface area (Å²) in [6, 6.07) is 2.20. The van der Waals surface area contributed by atoms with Crippen LogP contribution < -0.4 is 0 Å². The van der Waals surface area contributed by atoms with E-state index >= 15 is 0 Å². The fourth-order valence-electron chi connectivity index (χ4n) is 1.52. The molecule has 0 fully saturated rings. The van der Waals surface area contributed by atoms with Crippen LogP contribution in [0.4, 0.5) is 0 Å². The fourth-order valence-corrected chi connectivity index (χ4v) is 1.85. The molecule has 14 heavy (non-hydrogen) atoms. The zero-order chi connectivity index (χ0) is 10.6. The Bertz CT molecular complexity index is 151. The van der Waals surface area contributed by atoms with Crippen LogP contribution in [0.3, 0.4) is 0 Å². The quantitative estimate of drug-likeness (QED) is 0.431. The molecule has 0 spiro atoms. The summed E-state index contributed by atoms with van der Waals surface area (Å²) in [6.45, 7) is 2.25. The number of unbranched alkanes of at least 4 members (excludes halogenated alkanes) is 7. The SMILES string of the molecule is CCCCCCCCCCC(Br)C#N. The fraction of sp³-hybridized carbons (Fsp3) is 0.917. The molecule has 0 aromatic carbocycles. The highest BCUT2D eigenvalue weighted by Gasteiger charge is 1.99. The summed E-state index contributed by atoms with van der Waals surface area (Å²) in [7, 11) is 0. The van der Waals surface area contributed by atoms with Gasteiger partial charge in [-0.2, -0.15) is 5.26 Å². The van der Waals surface area contributed by atoms with Gasteiger partial charge in [0.25, 0.3) is 0 Å². The number of hydrogen-bond acceptors (Lipinski definition) is 1. The number of halogens is 1. The second kappa shape index (κ2) is 11.0. The molecule has 0 bridgehead atoms. The van der Waals surface area contributed by atoms with E-state index in [1.807, 2.05) is 0 Å². The van der Waals surface area contributed by atoms with Gasteiger partial charge in [-0.25, -0.2) is 0 Å². The lowest BCUT2D eigenvalue weighted by Gasteiger charge is -2.01. The van der Waals surface area contributed by atoms with Crippen molar-refractivity contribution >= 4 is 15.9 Å². The van der Waals surface area contributed by atoms with Crippen LogP contribution in [-0.2, 0) is 0 Å². The van der Waals surface area contributed by atoms with Crippen LogP contribution in [0, 0.1) is 11.3 Å². The molecule has 0 aromatic heterocycles. The molecule has 1 unspecified atom stereocenters. The van der Waals surface area contributed by atoms with Crippen molar-refractivity contribution in [3.8, 4) is 6.07 Å². The van der Waals surface area contributed by atoms with E-state index in [2.05, 4.69) is 28.9 Å². The molecule has 0 aliphatic heterocycles. The first kappa shape index (κ1) is 14.0. The Balaban J connectivity index is 2.96. The topological polar surface area (TPSA) is 23.8 Å². The van der Waals surface area contributed by atoms with Gasteiger partial charge in [0.1, 0.15) is 4.83 Å². The third-order valence-corrected chi connectivity index (χ3v) is 3.11. The van der Waals surface area contributed by atoms with E-state index in [9.17, 15) is 0 Å². The zero-order valence-corrected chi connectivity index (χ0v) is 10.9. The smallest absolute Gasteiger partial charge is 0.101 e. The predicted octanol–water partition coefficient (Wildman–Crippen LogP) is 4.80. The second-order valence-electron chi connectivity index (χ2n) is 3.86. The van der Waals surface area contributed by atoms with Gasteiger partial charge in [0.15, 0.2) is 0 Å². The van der Waals surface area contributed by atoms with E-state index in [4.69, 9.17) is 5.26 Å². The summed E-state index contributed by atoms with van der Waals surface area (Å²) in [6.07, 6.45) is 11.7. The maximum absolute atomic E-state index is 8.54. The van der Waals surface area contributed by atoms with Gasteiger partial charge in [-0.15, -0.1) is 0 Å². The van der Waals surface area contributed by atoms with Crippen LogP contribution >= 0.6 is 15.9 Å². The third-order valence-electron chi connectivity index (χ3n) is 2.45. The van der Waals surface area contributed by atoms with E-state index in [0.717, 1.165) is 6.42 Å². The number of nitrogens with zero attached hydrogens (tertiary/aromatic N) is 1. The molecule has 0 N–H and O–H groups in total. The Labute approximate surface area is 97.0 Å². The van der Waals surface area contributed by atoms with Crippen LogP contribution in [0.2, 0.25) is 0 Å². The normalized spacial score (nSPS) is 12.4. The Morgan fingerprint density at radius 2 is 1.50 bits per heavy atom. The highest BCUT2D eigenvalue weighted by atomic mass is 79.9. The summed E-state index contributed by atoms with van der Waals surface area (Å²) in [5, 5.41) is 8.54. The second-order valence-corrected chi connectivity index (χ2v) is 4.97. The van der Waals surface area contributed by atoms with E-state index in [1.54, 1.807) is 0 Å². The van der Waals surface area contributed by atoms with Gasteiger partial charge in [0, 0.05) is 0 Å². The molecule has 0 aromatic rings. The van der Waals surface area contributed by atoms with Crippen molar-refractivity contribution < 1.29 is 0 Å². The third kappa shape index (κ3) is 10.1. The number of nitriles is 1. The summed E-state index contributed by atoms with van der Waals surface area (Å²) in [5.41, 5.74) is 0. The van der Waals surface area contributed by atoms with Gasteiger partial charge in [-0.1, -0.05) is 74.2 Å². The molecule has 1 nitrogen and oxygen atoms in total. The minimum Gasteiger partial charge on any atom is -0.197 e. The molecular weight excluding hydrogens is 238 g/mol. The average molecular weight is 260 g/mol. The highest BCUT2D eigenvalue weighted by Crippen LogP contribution is 2.13. The largest absolute Gasteiger partial charge is 0.197 e. The van der Waals surface area contributed by atoms with Gasteiger partial charge >= 0.3 is 0 Å². The molecule has 0 aliphatic rings. The molecule has 1 atom stereocenters. The van der Waals surface area contributed by atoms with Crippen molar-refractivity contribution in [1.29, 1.82) is 5.26 Å². The van der Waals surface area contributed by atoms with Crippen LogP contribution in [0.25, 0.3) is 0 Å². The zero-order valence-electron chi connectivity index (χ0n) is 9.27. The monoisotopic (exact) mass is 259 g/mol. The van der Waals surface area contributed by atoms with E-state index in [-0.39, 0.29) is 4.83 Å². The van der Waals surface area contributed by atoms with Gasteiger partial charge in [-0.3, -0.25) is 0 Å². The number of alkyl halides is 1. The molecule has 82 valence electrons. The molecule has 0 saturated carbocycles. The summed E-state index contributed by atoms with van der Waals surface area (Å²) in [5.74, 6) is 0. The van der Waals surface area contributed by atoms with Crippen molar-refractivity contribution in [2.45, 2.75) is 69.5 Å². The van der Waals surface area contributed by atoms with Gasteiger partial charge in [0.2, 0.25) is 0 Å². The Morgan fingerprint density at radius 1 is 1.00 bits per heavy atom. The first-order valence-corrected chi connectivity index (χ1v) is 6.76. The van der Waals surface area contributed by atoms with E-state index in [1.165, 1.54) is 51.4 Å². The molecule has 0 amide bonds. The molecule has 0 saturated heterocycles. The van der Waals surface area contributed by atoms with Gasteiger partial charge in [-0.05, 0) is 6.42 Å². The van der Waals surface area contributed by atoms with Gasteiger partial charge in [0.05, 0.1) is 6.07 Å². The lowest BCUT2D eigenvalue weighted by molar-refractivity contribution is 0.569. The summed E-state index contributed by atoms with van der Waals surface area (Å²) in [4.78, 5) is 0.0718. The predicted molar refractivity (Wildman–Crippen MR) is 65.6 cm³/mol. The summed E-state index contributed by atoms with van der Waals surface area (Å²) < 4.78 is 0. The Hall–Kier alpha value is -0.0300. The molecule has 2 heteroatoms. The number of rotatable bonds is 9. The Morgan fingerprint density at radius 3 is 2.00 bits per heavy atom. The van der Waals surface area contributed by atoms with Crippen molar-refractivity contribution in [2.75, 3.05) is 0 Å². The lowest BCUT2D eigenvalue weighted by atomic mass is 10.1. The van der Waals surface area contributed by atoms with Crippen molar-refractivity contribution in [3.05, 3.63) is 0 Å². The van der Waals surface area contributed by atoms with Crippen molar-refractivity contribution in [3.63, 3.8) is 0 Å². The first-order chi connectivity index (χ1) is 6.81. The maximum Gasteiger partial charge on any atom is 0.101 e. The van der Waals surface area contributed by atoms with E-state index < -0.39 is 0 Å². The molecule has 0 rings (SSSR count). The van der Waals surface area contributed by atoms with Crippen LogP contribution in [-0.4, -0.2) is 4.83 Å². The first-order valence-electron chi connectivity index (χ1n) is 5.85. The molecule has 0 heterocycles. The minimum atomic E-state index is 0.0718. The Kier molecular flexibility index (Phi) is 11.0. The van der Waals surface area contributed by atoms with Crippen molar-refractivity contribution in [2.24, 2.45) is 0 Å². The summed E-state index contributed by atoms with van der Waals surface area (Å²) >= 11 is 3.32. The lowest BCUT2D eigenvalue weighted by Crippen LogP contribution is -1.92. The maximum atomic E-state index is 8.54. The van der Waals surface area contributed by atoms with Crippen LogP contribution in [0.15, 0.2) is 0 Å². The molecule has 0 aliphatic carbocycles. The van der Waals surface area contributed by atoms with Crippen LogP contribution in [0.5, 0.6) is 0 Å². The molecule has 0 radical (unpaired) electrons. The standard InChI is InChI=1S/C12H22BrN/c1-2-3-4-5-6-7-8-9-10-12(13)11-14/h12H,2-10H2,1H3. The molecular formula is C12H22BrN. The number of hydrogen-bond donors (Lipinski definition) is 0. The minimum absolute atomic E-state index is 0.0718. The van der Waals surface area contributed by atoms with Crippen LogP contribution in [0.1, 0.15) is 64.7 Å². The van der Waals surface area contributed by atoms with Crippen molar-refractivity contribution in [1.82, 2.24) is 0 Å². The van der Waals surface area contributed by atoms with Gasteiger partial charge < -0.3 is 0 Å². The highest BCUT2D eigenvalue weighted by molar-refractivity contribution is 9.09. The van der Waals surface area contributed by atoms with E-state index in [0.29, 0.717) is 0 Å².